The van der Waals surface area contributed by atoms with E-state index in [0.29, 0.717) is 5.56 Å². The van der Waals surface area contributed by atoms with Gasteiger partial charge in [0.25, 0.3) is 5.91 Å². The Balaban J connectivity index is 1.79. The van der Waals surface area contributed by atoms with Gasteiger partial charge in [0.15, 0.2) is 0 Å². The van der Waals surface area contributed by atoms with Crippen LogP contribution >= 0.6 is 46.4 Å². The number of anilines is 1. The van der Waals surface area contributed by atoms with Gasteiger partial charge in [0, 0.05) is 11.6 Å². The summed E-state index contributed by atoms with van der Waals surface area (Å²) in [4.78, 5) is 24.7. The smallest absolute Gasteiger partial charge is 0.343 e. The molecule has 2 amide bonds. The lowest BCUT2D eigenvalue weighted by Gasteiger charge is -2.12. The van der Waals surface area contributed by atoms with Crippen LogP contribution in [0, 0.1) is 17.6 Å². The molecule has 0 heterocycles. The van der Waals surface area contributed by atoms with Crippen molar-refractivity contribution >= 4 is 63.9 Å². The molecule has 32 heavy (non-hydrogen) atoms. The highest BCUT2D eigenvalue weighted by atomic mass is 35.5. The zero-order chi connectivity index (χ0) is 24.0. The first-order valence-electron chi connectivity index (χ1n) is 8.70. The standard InChI is InChI=1S/C19H11Cl4F5N2O2/c20-10-3-7(1-2-11(10)24)13-14(19(13,22)23)17(32)30-8-4-9(15(21)12(25)5-8)16(31)29-6-18(26,27)28/h1-5,13-14H,6H2,(H,29,31)(H,30,32). The third-order valence-corrected chi connectivity index (χ3v) is 6.24. The van der Waals surface area contributed by atoms with Gasteiger partial charge in [0.2, 0.25) is 5.91 Å². The lowest BCUT2D eigenvalue weighted by molar-refractivity contribution is -0.123. The molecule has 172 valence electrons. The van der Waals surface area contributed by atoms with Gasteiger partial charge in [-0.25, -0.2) is 8.78 Å². The quantitative estimate of drug-likeness (QED) is 0.359. The molecule has 2 N–H and O–H groups in total. The molecular weight excluding hydrogens is 525 g/mol. The summed E-state index contributed by atoms with van der Waals surface area (Å²) >= 11 is 23.8. The van der Waals surface area contributed by atoms with Crippen LogP contribution in [0.3, 0.4) is 0 Å². The lowest BCUT2D eigenvalue weighted by Crippen LogP contribution is -2.34. The van der Waals surface area contributed by atoms with Crippen molar-refractivity contribution in [2.45, 2.75) is 16.4 Å². The van der Waals surface area contributed by atoms with E-state index in [2.05, 4.69) is 5.32 Å². The van der Waals surface area contributed by atoms with Gasteiger partial charge in [-0.05, 0) is 29.8 Å². The number of carbonyl (C=O) groups is 2. The Morgan fingerprint density at radius 2 is 1.69 bits per heavy atom. The van der Waals surface area contributed by atoms with E-state index in [0.717, 1.165) is 18.2 Å². The SMILES string of the molecule is O=C(NCC(F)(F)F)c1cc(NC(=O)C2C(c3ccc(F)c(Cl)c3)C2(Cl)Cl)cc(F)c1Cl. The van der Waals surface area contributed by atoms with E-state index < -0.39 is 62.9 Å². The Bertz CT molecular complexity index is 1090. The maximum atomic E-state index is 14.1. The minimum atomic E-state index is -4.69. The first-order chi connectivity index (χ1) is 14.7. The molecule has 1 aliphatic rings. The molecule has 1 saturated carbocycles. The van der Waals surface area contributed by atoms with Crippen LogP contribution < -0.4 is 10.6 Å². The largest absolute Gasteiger partial charge is 0.405 e. The maximum absolute atomic E-state index is 14.1. The molecule has 4 nitrogen and oxygen atoms in total. The second-order valence-corrected chi connectivity index (χ2v) is 9.14. The number of nitrogens with one attached hydrogen (secondary N) is 2. The maximum Gasteiger partial charge on any atom is 0.405 e. The van der Waals surface area contributed by atoms with Crippen LogP contribution in [-0.2, 0) is 4.79 Å². The molecule has 0 aromatic heterocycles. The second kappa shape index (κ2) is 8.85. The van der Waals surface area contributed by atoms with Crippen LogP contribution in [0.5, 0.6) is 0 Å². The highest BCUT2D eigenvalue weighted by molar-refractivity contribution is 6.53. The molecule has 13 heteroatoms. The zero-order valence-corrected chi connectivity index (χ0v) is 18.5. The van der Waals surface area contributed by atoms with Crippen molar-refractivity contribution in [1.29, 1.82) is 0 Å². The molecule has 3 rings (SSSR count). The molecule has 0 spiro atoms. The molecule has 0 radical (unpaired) electrons. The van der Waals surface area contributed by atoms with E-state index in [1.807, 2.05) is 0 Å². The van der Waals surface area contributed by atoms with Crippen molar-refractivity contribution in [3.8, 4) is 0 Å². The Morgan fingerprint density at radius 1 is 1.03 bits per heavy atom. The summed E-state index contributed by atoms with van der Waals surface area (Å²) in [5.41, 5.74) is -0.496. The van der Waals surface area contributed by atoms with E-state index in [-0.39, 0.29) is 10.7 Å². The van der Waals surface area contributed by atoms with E-state index >= 15 is 0 Å². The summed E-state index contributed by atoms with van der Waals surface area (Å²) < 4.78 is 62.9. The van der Waals surface area contributed by atoms with Crippen LogP contribution in [0.25, 0.3) is 0 Å². The van der Waals surface area contributed by atoms with E-state index in [4.69, 9.17) is 46.4 Å². The van der Waals surface area contributed by atoms with Crippen LogP contribution in [0.1, 0.15) is 21.8 Å². The fraction of sp³-hybridized carbons (Fsp3) is 0.263. The van der Waals surface area contributed by atoms with Gasteiger partial charge in [0.1, 0.15) is 22.5 Å². The van der Waals surface area contributed by atoms with Crippen molar-refractivity contribution < 1.29 is 31.5 Å². The zero-order valence-electron chi connectivity index (χ0n) is 15.5. The number of alkyl halides is 5. The molecule has 0 aliphatic heterocycles. The molecule has 0 bridgehead atoms. The summed E-state index contributed by atoms with van der Waals surface area (Å²) in [6, 6.07) is 5.38. The van der Waals surface area contributed by atoms with Crippen LogP contribution in [0.4, 0.5) is 27.6 Å². The van der Waals surface area contributed by atoms with Gasteiger partial charge < -0.3 is 10.6 Å². The molecule has 1 aliphatic carbocycles. The predicted octanol–water partition coefficient (Wildman–Crippen LogP) is 6.09. The molecule has 2 atom stereocenters. The van der Waals surface area contributed by atoms with Crippen LogP contribution in [0.15, 0.2) is 30.3 Å². The normalized spacial score (nSPS) is 19.4. The third kappa shape index (κ3) is 5.22. The number of amides is 2. The average Bonchev–Trinajstić information content (AvgIpc) is 3.26. The summed E-state index contributed by atoms with van der Waals surface area (Å²) in [7, 11) is 0. The Hall–Kier alpha value is -1.81. The number of halogens is 9. The van der Waals surface area contributed by atoms with Crippen molar-refractivity contribution in [2.24, 2.45) is 5.92 Å². The van der Waals surface area contributed by atoms with Crippen LogP contribution in [-0.4, -0.2) is 28.9 Å². The third-order valence-electron chi connectivity index (χ3n) is 4.63. The molecule has 0 saturated heterocycles. The summed E-state index contributed by atoms with van der Waals surface area (Å²) in [6.45, 7) is -1.66. The van der Waals surface area contributed by atoms with Gasteiger partial charge in [-0.1, -0.05) is 29.3 Å². The van der Waals surface area contributed by atoms with E-state index in [1.54, 1.807) is 5.32 Å². The Kier molecular flexibility index (Phi) is 6.87. The Morgan fingerprint density at radius 3 is 2.28 bits per heavy atom. The van der Waals surface area contributed by atoms with Crippen molar-refractivity contribution in [1.82, 2.24) is 5.32 Å². The minimum absolute atomic E-state index is 0.202. The molecule has 2 aromatic rings. The average molecular weight is 536 g/mol. The number of benzene rings is 2. The Labute approximate surface area is 198 Å². The van der Waals surface area contributed by atoms with Gasteiger partial charge in [-0.2, -0.15) is 13.2 Å². The number of hydrogen-bond donors (Lipinski definition) is 2. The first kappa shape index (κ1) is 24.8. The van der Waals surface area contributed by atoms with Gasteiger partial charge >= 0.3 is 6.18 Å². The van der Waals surface area contributed by atoms with Crippen molar-refractivity contribution in [2.75, 3.05) is 11.9 Å². The number of rotatable bonds is 5. The van der Waals surface area contributed by atoms with E-state index in [9.17, 15) is 31.5 Å². The summed E-state index contributed by atoms with van der Waals surface area (Å²) in [6.07, 6.45) is -4.69. The topological polar surface area (TPSA) is 58.2 Å². The first-order valence-corrected chi connectivity index (χ1v) is 10.2. The van der Waals surface area contributed by atoms with Crippen LogP contribution in [0.2, 0.25) is 10.0 Å². The van der Waals surface area contributed by atoms with Crippen molar-refractivity contribution in [3.05, 3.63) is 63.1 Å². The van der Waals surface area contributed by atoms with Gasteiger partial charge in [-0.15, -0.1) is 23.2 Å². The molecule has 1 fully saturated rings. The van der Waals surface area contributed by atoms with Crippen molar-refractivity contribution in [3.63, 3.8) is 0 Å². The monoisotopic (exact) mass is 534 g/mol. The molecule has 2 aromatic carbocycles. The molecule has 2 unspecified atom stereocenters. The minimum Gasteiger partial charge on any atom is -0.343 e. The fourth-order valence-corrected chi connectivity index (χ4v) is 4.31. The summed E-state index contributed by atoms with van der Waals surface area (Å²) in [5.74, 6) is -5.72. The highest BCUT2D eigenvalue weighted by Crippen LogP contribution is 2.65. The van der Waals surface area contributed by atoms with Gasteiger partial charge in [0.05, 0.1) is 21.5 Å². The predicted molar refractivity (Wildman–Crippen MR) is 111 cm³/mol. The molecular formula is C19H11Cl4F5N2O2. The fourth-order valence-electron chi connectivity index (χ4n) is 3.10. The highest BCUT2D eigenvalue weighted by Gasteiger charge is 2.67. The van der Waals surface area contributed by atoms with Gasteiger partial charge in [-0.3, -0.25) is 9.59 Å². The summed E-state index contributed by atoms with van der Waals surface area (Å²) in [5, 5.41) is 2.94. The van der Waals surface area contributed by atoms with E-state index in [1.165, 1.54) is 12.1 Å². The second-order valence-electron chi connectivity index (χ2n) is 6.91. The number of carbonyl (C=O) groups excluding carboxylic acids is 2. The lowest BCUT2D eigenvalue weighted by atomic mass is 10.1. The number of hydrogen-bond acceptors (Lipinski definition) is 2.